The van der Waals surface area contributed by atoms with Crippen molar-refractivity contribution < 1.29 is 9.90 Å². The van der Waals surface area contributed by atoms with Crippen molar-refractivity contribution in [3.8, 4) is 0 Å². The van der Waals surface area contributed by atoms with Gasteiger partial charge in [-0.3, -0.25) is 4.98 Å². The van der Waals surface area contributed by atoms with E-state index in [1.165, 1.54) is 0 Å². The number of H-pyrrole nitrogens is 1. The monoisotopic (exact) mass is 263 g/mol. The molecule has 3 aromatic heterocycles. The fourth-order valence-corrected chi connectivity index (χ4v) is 2.55. The number of aromatic carboxylic acids is 1. The van der Waals surface area contributed by atoms with Gasteiger partial charge in [-0.2, -0.15) is 0 Å². The standard InChI is InChI=1S/C15H9N3O2/c19-15(20)8-1-2-10-9(5-8)6-17-14-13(10)11-7-16-4-3-12(11)18-14/h1-7H,(H,17,18)(H,19,20). The largest absolute Gasteiger partial charge is 0.478 e. The molecule has 5 heteroatoms. The molecule has 4 rings (SSSR count). The number of nitrogens with one attached hydrogen (secondary N) is 1. The number of carboxylic acids is 1. The molecule has 0 fully saturated rings. The Bertz CT molecular complexity index is 988. The van der Waals surface area contributed by atoms with E-state index in [-0.39, 0.29) is 5.56 Å². The van der Waals surface area contributed by atoms with Gasteiger partial charge < -0.3 is 10.1 Å². The molecule has 0 bridgehead atoms. The number of carboxylic acid groups (broad SMARTS) is 1. The first kappa shape index (κ1) is 10.9. The van der Waals surface area contributed by atoms with Gasteiger partial charge in [-0.1, -0.05) is 6.07 Å². The summed E-state index contributed by atoms with van der Waals surface area (Å²) in [5.41, 5.74) is 2.01. The lowest BCUT2D eigenvalue weighted by molar-refractivity contribution is 0.0697. The molecule has 0 saturated heterocycles. The zero-order valence-corrected chi connectivity index (χ0v) is 10.3. The van der Waals surface area contributed by atoms with E-state index in [1.54, 1.807) is 30.7 Å². The molecule has 0 unspecified atom stereocenters. The number of pyridine rings is 2. The summed E-state index contributed by atoms with van der Waals surface area (Å²) in [6.07, 6.45) is 5.20. The molecule has 0 aliphatic rings. The van der Waals surface area contributed by atoms with Crippen LogP contribution in [-0.2, 0) is 0 Å². The van der Waals surface area contributed by atoms with Crippen molar-refractivity contribution in [3.63, 3.8) is 0 Å². The number of hydrogen-bond donors (Lipinski definition) is 2. The van der Waals surface area contributed by atoms with Crippen LogP contribution in [-0.4, -0.2) is 26.0 Å². The lowest BCUT2D eigenvalue weighted by atomic mass is 10.1. The number of fused-ring (bicyclic) bond motifs is 5. The predicted molar refractivity (Wildman–Crippen MR) is 75.9 cm³/mol. The third-order valence-electron chi connectivity index (χ3n) is 3.48. The lowest BCUT2D eigenvalue weighted by Crippen LogP contribution is -1.95. The molecule has 2 N–H and O–H groups in total. The summed E-state index contributed by atoms with van der Waals surface area (Å²) in [6.45, 7) is 0. The maximum absolute atomic E-state index is 11.0. The first-order chi connectivity index (χ1) is 9.74. The molecule has 0 amide bonds. The molecule has 1 aromatic carbocycles. The number of hydrogen-bond acceptors (Lipinski definition) is 3. The fraction of sp³-hybridized carbons (Fsp3) is 0. The molecule has 20 heavy (non-hydrogen) atoms. The van der Waals surface area contributed by atoms with Crippen molar-refractivity contribution in [3.05, 3.63) is 48.4 Å². The zero-order valence-electron chi connectivity index (χ0n) is 10.3. The van der Waals surface area contributed by atoms with Gasteiger partial charge >= 0.3 is 5.97 Å². The molecule has 0 saturated carbocycles. The quantitative estimate of drug-likeness (QED) is 0.553. The minimum absolute atomic E-state index is 0.261. The summed E-state index contributed by atoms with van der Waals surface area (Å²) in [4.78, 5) is 22.8. The first-order valence-corrected chi connectivity index (χ1v) is 6.11. The topological polar surface area (TPSA) is 78.9 Å². The van der Waals surface area contributed by atoms with E-state index in [0.29, 0.717) is 0 Å². The Kier molecular flexibility index (Phi) is 2.06. The van der Waals surface area contributed by atoms with Gasteiger partial charge in [-0.05, 0) is 23.6 Å². The summed E-state index contributed by atoms with van der Waals surface area (Å²) in [5.74, 6) is -0.937. The maximum Gasteiger partial charge on any atom is 0.335 e. The Balaban J connectivity index is 2.20. The third kappa shape index (κ3) is 1.40. The average Bonchev–Trinajstić information content (AvgIpc) is 2.85. The van der Waals surface area contributed by atoms with E-state index in [2.05, 4.69) is 15.0 Å². The zero-order chi connectivity index (χ0) is 13.7. The molecular formula is C15H9N3O2. The summed E-state index contributed by atoms with van der Waals surface area (Å²) in [5, 5.41) is 12.8. The van der Waals surface area contributed by atoms with Gasteiger partial charge in [0.25, 0.3) is 0 Å². The molecule has 0 atom stereocenters. The van der Waals surface area contributed by atoms with Gasteiger partial charge in [-0.15, -0.1) is 0 Å². The Hall–Kier alpha value is -2.95. The van der Waals surface area contributed by atoms with Crippen molar-refractivity contribution in [2.45, 2.75) is 0 Å². The molecule has 5 nitrogen and oxygen atoms in total. The number of nitrogens with zero attached hydrogens (tertiary/aromatic N) is 2. The lowest BCUT2D eigenvalue weighted by Gasteiger charge is -2.01. The fourth-order valence-electron chi connectivity index (χ4n) is 2.55. The molecule has 96 valence electrons. The summed E-state index contributed by atoms with van der Waals surface area (Å²) in [7, 11) is 0. The van der Waals surface area contributed by atoms with Crippen LogP contribution in [0.5, 0.6) is 0 Å². The van der Waals surface area contributed by atoms with E-state index in [0.717, 1.165) is 32.7 Å². The van der Waals surface area contributed by atoms with Crippen LogP contribution in [0.25, 0.3) is 32.7 Å². The predicted octanol–water partition coefficient (Wildman–Crippen LogP) is 2.96. The number of rotatable bonds is 1. The smallest absolute Gasteiger partial charge is 0.335 e. The van der Waals surface area contributed by atoms with Crippen LogP contribution >= 0.6 is 0 Å². The Morgan fingerprint density at radius 3 is 2.90 bits per heavy atom. The molecule has 3 heterocycles. The minimum Gasteiger partial charge on any atom is -0.478 e. The summed E-state index contributed by atoms with van der Waals surface area (Å²) >= 11 is 0. The van der Waals surface area contributed by atoms with E-state index in [1.807, 2.05) is 12.1 Å². The highest BCUT2D eigenvalue weighted by Gasteiger charge is 2.11. The number of carbonyl (C=O) groups is 1. The van der Waals surface area contributed by atoms with E-state index >= 15 is 0 Å². The van der Waals surface area contributed by atoms with Crippen molar-refractivity contribution in [1.29, 1.82) is 0 Å². The van der Waals surface area contributed by atoms with Gasteiger partial charge in [0.15, 0.2) is 0 Å². The molecule has 0 aliphatic carbocycles. The summed E-state index contributed by atoms with van der Waals surface area (Å²) < 4.78 is 0. The average molecular weight is 263 g/mol. The van der Waals surface area contributed by atoms with Gasteiger partial charge in [0, 0.05) is 34.7 Å². The number of benzene rings is 1. The van der Waals surface area contributed by atoms with Crippen LogP contribution in [0.1, 0.15) is 10.4 Å². The Morgan fingerprint density at radius 1 is 1.15 bits per heavy atom. The second-order valence-corrected chi connectivity index (χ2v) is 4.64. The van der Waals surface area contributed by atoms with Crippen LogP contribution in [0.2, 0.25) is 0 Å². The normalized spacial score (nSPS) is 11.4. The molecule has 0 aliphatic heterocycles. The van der Waals surface area contributed by atoms with Crippen molar-refractivity contribution in [2.75, 3.05) is 0 Å². The van der Waals surface area contributed by atoms with E-state index in [4.69, 9.17) is 5.11 Å². The minimum atomic E-state index is -0.937. The third-order valence-corrected chi connectivity index (χ3v) is 3.48. The Labute approximate surface area is 112 Å². The highest BCUT2D eigenvalue weighted by atomic mass is 16.4. The number of aromatic nitrogens is 3. The highest BCUT2D eigenvalue weighted by molar-refractivity contribution is 6.19. The SMILES string of the molecule is O=C(O)c1ccc2c(cnc3[nH]c4ccncc4c32)c1. The molecule has 0 spiro atoms. The molecule has 4 aromatic rings. The van der Waals surface area contributed by atoms with Crippen molar-refractivity contribution in [2.24, 2.45) is 0 Å². The second-order valence-electron chi connectivity index (χ2n) is 4.64. The van der Waals surface area contributed by atoms with Gasteiger partial charge in [0.2, 0.25) is 0 Å². The second kappa shape index (κ2) is 3.77. The van der Waals surface area contributed by atoms with Crippen LogP contribution in [0.15, 0.2) is 42.9 Å². The van der Waals surface area contributed by atoms with Gasteiger partial charge in [0.05, 0.1) is 11.1 Å². The molecular weight excluding hydrogens is 254 g/mol. The maximum atomic E-state index is 11.0. The van der Waals surface area contributed by atoms with Crippen molar-refractivity contribution >= 4 is 38.7 Å². The van der Waals surface area contributed by atoms with E-state index < -0.39 is 5.97 Å². The van der Waals surface area contributed by atoms with Gasteiger partial charge in [-0.25, -0.2) is 9.78 Å². The highest BCUT2D eigenvalue weighted by Crippen LogP contribution is 2.30. The summed E-state index contributed by atoms with van der Waals surface area (Å²) in [6, 6.07) is 6.97. The first-order valence-electron chi connectivity index (χ1n) is 6.11. The van der Waals surface area contributed by atoms with Crippen LogP contribution in [0.4, 0.5) is 0 Å². The van der Waals surface area contributed by atoms with E-state index in [9.17, 15) is 4.79 Å². The Morgan fingerprint density at radius 2 is 2.05 bits per heavy atom. The molecule has 0 radical (unpaired) electrons. The van der Waals surface area contributed by atoms with Crippen LogP contribution in [0, 0.1) is 0 Å². The number of aromatic amines is 1. The van der Waals surface area contributed by atoms with Gasteiger partial charge in [0.1, 0.15) is 5.65 Å². The van der Waals surface area contributed by atoms with Crippen LogP contribution < -0.4 is 0 Å². The van der Waals surface area contributed by atoms with Crippen molar-refractivity contribution in [1.82, 2.24) is 15.0 Å². The van der Waals surface area contributed by atoms with Crippen LogP contribution in [0.3, 0.4) is 0 Å².